The number of hydrogen-bond donors (Lipinski definition) is 2. The van der Waals surface area contributed by atoms with E-state index in [-0.39, 0.29) is 15.7 Å². The van der Waals surface area contributed by atoms with Gasteiger partial charge < -0.3 is 11.1 Å². The molecule has 0 atom stereocenters. The van der Waals surface area contributed by atoms with Crippen LogP contribution < -0.4 is 11.1 Å². The molecule has 0 aliphatic heterocycles. The van der Waals surface area contributed by atoms with E-state index in [2.05, 4.69) is 21.2 Å². The highest BCUT2D eigenvalue weighted by Crippen LogP contribution is 2.30. The highest BCUT2D eigenvalue weighted by atomic mass is 79.9. The van der Waals surface area contributed by atoms with Crippen LogP contribution in [0.3, 0.4) is 0 Å². The largest absolute Gasteiger partial charge is 0.389 e. The van der Waals surface area contributed by atoms with Gasteiger partial charge in [0.15, 0.2) is 5.82 Å². The van der Waals surface area contributed by atoms with Gasteiger partial charge in [-0.15, -0.1) is 0 Å². The van der Waals surface area contributed by atoms with Gasteiger partial charge in [0.25, 0.3) is 0 Å². The second-order valence-electron chi connectivity index (χ2n) is 3.75. The Labute approximate surface area is 128 Å². The van der Waals surface area contributed by atoms with Crippen LogP contribution in [0.1, 0.15) is 5.56 Å². The van der Waals surface area contributed by atoms with Gasteiger partial charge in [0.05, 0.1) is 10.7 Å². The fourth-order valence-electron chi connectivity index (χ4n) is 1.62. The van der Waals surface area contributed by atoms with Gasteiger partial charge in [-0.25, -0.2) is 4.39 Å². The molecular weight excluding hydrogens is 351 g/mol. The van der Waals surface area contributed by atoms with Crippen molar-refractivity contribution in [1.82, 2.24) is 0 Å². The molecule has 0 spiro atoms. The summed E-state index contributed by atoms with van der Waals surface area (Å²) in [5.41, 5.74) is 7.18. The van der Waals surface area contributed by atoms with Crippen molar-refractivity contribution in [2.45, 2.75) is 0 Å². The molecule has 0 saturated heterocycles. The highest BCUT2D eigenvalue weighted by Gasteiger charge is 2.12. The maximum Gasteiger partial charge on any atom is 0.165 e. The Balaban J connectivity index is 2.47. The Morgan fingerprint density at radius 3 is 2.53 bits per heavy atom. The first kappa shape index (κ1) is 14.2. The smallest absolute Gasteiger partial charge is 0.165 e. The molecule has 0 bridgehead atoms. The lowest BCUT2D eigenvalue weighted by Gasteiger charge is -2.13. The monoisotopic (exact) mass is 358 g/mol. The van der Waals surface area contributed by atoms with Gasteiger partial charge in [0.1, 0.15) is 4.99 Å². The topological polar surface area (TPSA) is 38.0 Å². The molecule has 0 fully saturated rings. The van der Waals surface area contributed by atoms with Crippen molar-refractivity contribution in [3.05, 3.63) is 57.3 Å². The third-order valence-corrected chi connectivity index (χ3v) is 3.64. The maximum atomic E-state index is 13.9. The molecule has 0 aliphatic rings. The molecule has 0 radical (unpaired) electrons. The van der Waals surface area contributed by atoms with Gasteiger partial charge in [-0.1, -0.05) is 36.0 Å². The quantitative estimate of drug-likeness (QED) is 0.785. The molecule has 6 heteroatoms. The zero-order valence-electron chi connectivity index (χ0n) is 9.58. The summed E-state index contributed by atoms with van der Waals surface area (Å²) in [7, 11) is 0. The van der Waals surface area contributed by atoms with Gasteiger partial charge in [-0.05, 0) is 40.2 Å². The summed E-state index contributed by atoms with van der Waals surface area (Å²) in [6, 6.07) is 10.1. The Bertz CT molecular complexity index is 649. The van der Waals surface area contributed by atoms with E-state index in [0.717, 1.165) is 4.47 Å². The summed E-state index contributed by atoms with van der Waals surface area (Å²) in [6.45, 7) is 0. The Morgan fingerprint density at radius 1 is 1.21 bits per heavy atom. The lowest BCUT2D eigenvalue weighted by atomic mass is 10.1. The summed E-state index contributed by atoms with van der Waals surface area (Å²) in [4.78, 5) is 0.220. The number of anilines is 2. The molecule has 0 aromatic heterocycles. The molecule has 0 amide bonds. The third kappa shape index (κ3) is 3.05. The van der Waals surface area contributed by atoms with E-state index in [1.165, 1.54) is 6.07 Å². The van der Waals surface area contributed by atoms with Gasteiger partial charge in [-0.2, -0.15) is 0 Å². The van der Waals surface area contributed by atoms with E-state index in [0.29, 0.717) is 11.3 Å². The molecule has 0 heterocycles. The van der Waals surface area contributed by atoms with E-state index in [4.69, 9.17) is 29.6 Å². The molecule has 2 rings (SSSR count). The Hall–Kier alpha value is -1.17. The number of thiocarbonyl (C=S) groups is 1. The molecule has 3 N–H and O–H groups in total. The van der Waals surface area contributed by atoms with Crippen LogP contribution >= 0.6 is 39.7 Å². The third-order valence-electron chi connectivity index (χ3n) is 2.48. The average Bonchev–Trinajstić information content (AvgIpc) is 2.34. The number of rotatable bonds is 3. The first-order chi connectivity index (χ1) is 9.00. The van der Waals surface area contributed by atoms with E-state index in [1.807, 2.05) is 6.07 Å². The van der Waals surface area contributed by atoms with Crippen LogP contribution in [0.25, 0.3) is 0 Å². The normalized spacial score (nSPS) is 10.3. The van der Waals surface area contributed by atoms with Crippen LogP contribution in [0.15, 0.2) is 40.9 Å². The molecule has 98 valence electrons. The minimum atomic E-state index is -0.516. The van der Waals surface area contributed by atoms with Crippen molar-refractivity contribution in [1.29, 1.82) is 0 Å². The van der Waals surface area contributed by atoms with Crippen molar-refractivity contribution in [3.8, 4) is 0 Å². The zero-order chi connectivity index (χ0) is 14.0. The van der Waals surface area contributed by atoms with Gasteiger partial charge >= 0.3 is 0 Å². The number of halogens is 3. The van der Waals surface area contributed by atoms with E-state index < -0.39 is 5.82 Å². The molecule has 2 aromatic carbocycles. The van der Waals surface area contributed by atoms with Crippen LogP contribution in [-0.2, 0) is 0 Å². The summed E-state index contributed by atoms with van der Waals surface area (Å²) < 4.78 is 14.6. The maximum absolute atomic E-state index is 13.9. The van der Waals surface area contributed by atoms with Crippen LogP contribution in [0.2, 0.25) is 5.02 Å². The van der Waals surface area contributed by atoms with Crippen molar-refractivity contribution >= 4 is 56.1 Å². The summed E-state index contributed by atoms with van der Waals surface area (Å²) in [5, 5.41) is 3.00. The van der Waals surface area contributed by atoms with E-state index in [1.54, 1.807) is 24.3 Å². The lowest BCUT2D eigenvalue weighted by Crippen LogP contribution is -2.13. The van der Waals surface area contributed by atoms with E-state index in [9.17, 15) is 4.39 Å². The number of nitrogens with two attached hydrogens (primary N) is 1. The molecule has 19 heavy (non-hydrogen) atoms. The summed E-state index contributed by atoms with van der Waals surface area (Å²) >= 11 is 14.1. The molecule has 0 saturated carbocycles. The molecule has 0 unspecified atom stereocenters. The van der Waals surface area contributed by atoms with E-state index >= 15 is 0 Å². The van der Waals surface area contributed by atoms with Crippen LogP contribution in [-0.4, -0.2) is 4.99 Å². The second kappa shape index (κ2) is 5.86. The van der Waals surface area contributed by atoms with Crippen LogP contribution in [0.4, 0.5) is 15.8 Å². The second-order valence-corrected chi connectivity index (χ2v) is 5.45. The van der Waals surface area contributed by atoms with Gasteiger partial charge in [0, 0.05) is 15.7 Å². The van der Waals surface area contributed by atoms with Crippen LogP contribution in [0, 0.1) is 5.82 Å². The minimum Gasteiger partial charge on any atom is -0.389 e. The molecule has 2 aromatic rings. The fourth-order valence-corrected chi connectivity index (χ4v) is 2.73. The number of nitrogens with one attached hydrogen (secondary N) is 1. The molecule has 2 nitrogen and oxygen atoms in total. The fraction of sp³-hybridized carbons (Fsp3) is 0. The summed E-state index contributed by atoms with van der Waals surface area (Å²) in [6.07, 6.45) is 0. The zero-order valence-corrected chi connectivity index (χ0v) is 12.7. The Morgan fingerprint density at radius 2 is 1.84 bits per heavy atom. The molecular formula is C13H9BrClFN2S. The average molecular weight is 360 g/mol. The van der Waals surface area contributed by atoms with Crippen molar-refractivity contribution in [3.63, 3.8) is 0 Å². The van der Waals surface area contributed by atoms with Crippen LogP contribution in [0.5, 0.6) is 0 Å². The van der Waals surface area contributed by atoms with Crippen molar-refractivity contribution in [2.24, 2.45) is 5.73 Å². The standard InChI is InChI=1S/C13H9BrClFN2S/c14-7-3-1-5-9(11(7)13(17)19)18-10-6-2-4-8(15)12(10)16/h1-6,18H,(H2,17,19). The Kier molecular flexibility index (Phi) is 4.39. The number of benzene rings is 2. The summed E-state index contributed by atoms with van der Waals surface area (Å²) in [5.74, 6) is -0.516. The van der Waals surface area contributed by atoms with Gasteiger partial charge in [-0.3, -0.25) is 0 Å². The van der Waals surface area contributed by atoms with Crippen molar-refractivity contribution < 1.29 is 4.39 Å². The number of hydrogen-bond acceptors (Lipinski definition) is 2. The predicted molar refractivity (Wildman–Crippen MR) is 84.7 cm³/mol. The molecule has 0 aliphatic carbocycles. The highest BCUT2D eigenvalue weighted by molar-refractivity contribution is 9.10. The minimum absolute atomic E-state index is 0.0527. The SMILES string of the molecule is NC(=S)c1c(Br)cccc1Nc1cccc(Cl)c1F. The lowest BCUT2D eigenvalue weighted by molar-refractivity contribution is 0.632. The van der Waals surface area contributed by atoms with Gasteiger partial charge in [0.2, 0.25) is 0 Å². The first-order valence-corrected chi connectivity index (χ1v) is 6.88. The predicted octanol–water partition coefficient (Wildman–Crippen LogP) is 4.62. The first-order valence-electron chi connectivity index (χ1n) is 5.30. The van der Waals surface area contributed by atoms with Crippen molar-refractivity contribution in [2.75, 3.05) is 5.32 Å².